The predicted molar refractivity (Wildman–Crippen MR) is 135 cm³/mol. The van der Waals surface area contributed by atoms with E-state index in [0.717, 1.165) is 26.1 Å². The number of nitrogens with zero attached hydrogens (tertiary/aromatic N) is 4. The molecular weight excluding hydrogens is 508 g/mol. The van der Waals surface area contributed by atoms with Crippen LogP contribution in [0.15, 0.2) is 18.3 Å². The summed E-state index contributed by atoms with van der Waals surface area (Å²) in [6.45, 7) is 1.65. The van der Waals surface area contributed by atoms with Crippen LogP contribution < -0.4 is 16.4 Å². The second-order valence-electron chi connectivity index (χ2n) is 10.2. The standard InChI is InChI=1S/C24H26Cl2FN7O2/c25-13-5-16(26)19(17(27)6-13)32-23-31-18-9-29-22(30-14-7-24(8-14)10-36-11-24)33-21(18)34(23)15-3-1-12(2-4-15)20(28)35/h5-6,9,12,14-15H,1-4,7-8,10-11H2,(H2,28,35)(H,31,32)(H,29,30,33)/t12-,15-. The number of nitrogens with one attached hydrogen (secondary N) is 2. The van der Waals surface area contributed by atoms with Gasteiger partial charge in [0.15, 0.2) is 5.65 Å². The molecule has 1 aliphatic heterocycles. The van der Waals surface area contributed by atoms with Gasteiger partial charge in [0, 0.05) is 28.4 Å². The van der Waals surface area contributed by atoms with Gasteiger partial charge in [-0.15, -0.1) is 0 Å². The van der Waals surface area contributed by atoms with Crippen molar-refractivity contribution in [2.75, 3.05) is 23.8 Å². The molecule has 1 saturated heterocycles. The third-order valence-electron chi connectivity index (χ3n) is 7.65. The number of hydrogen-bond donors (Lipinski definition) is 3. The fourth-order valence-electron chi connectivity index (χ4n) is 5.68. The molecule has 1 aromatic carbocycles. The fourth-order valence-corrected chi connectivity index (χ4v) is 6.20. The van der Waals surface area contributed by atoms with E-state index in [4.69, 9.17) is 38.7 Å². The van der Waals surface area contributed by atoms with Crippen molar-refractivity contribution in [1.82, 2.24) is 19.5 Å². The summed E-state index contributed by atoms with van der Waals surface area (Å²) in [5.41, 5.74) is 7.15. The van der Waals surface area contributed by atoms with Crippen molar-refractivity contribution >= 4 is 57.9 Å². The monoisotopic (exact) mass is 533 g/mol. The molecule has 0 radical (unpaired) electrons. The maximum atomic E-state index is 14.7. The number of carbonyl (C=O) groups excluding carboxylic acids is 1. The molecule has 2 aromatic heterocycles. The van der Waals surface area contributed by atoms with Crippen LogP contribution in [0.1, 0.15) is 44.6 Å². The highest BCUT2D eigenvalue weighted by Gasteiger charge is 2.50. The number of anilines is 3. The van der Waals surface area contributed by atoms with Gasteiger partial charge in [-0.05, 0) is 50.7 Å². The molecule has 6 rings (SSSR count). The van der Waals surface area contributed by atoms with E-state index < -0.39 is 5.82 Å². The van der Waals surface area contributed by atoms with Crippen molar-refractivity contribution in [1.29, 1.82) is 0 Å². The molecular formula is C24H26Cl2FN7O2. The van der Waals surface area contributed by atoms with Crippen LogP contribution in [-0.4, -0.2) is 44.7 Å². The van der Waals surface area contributed by atoms with Crippen LogP contribution >= 0.6 is 23.2 Å². The number of nitrogens with two attached hydrogens (primary N) is 1. The van der Waals surface area contributed by atoms with Gasteiger partial charge >= 0.3 is 0 Å². The lowest BCUT2D eigenvalue weighted by molar-refractivity contribution is -0.160. The molecule has 9 nitrogen and oxygen atoms in total. The minimum atomic E-state index is -0.587. The van der Waals surface area contributed by atoms with Crippen molar-refractivity contribution in [3.63, 3.8) is 0 Å². The number of hydrogen-bond acceptors (Lipinski definition) is 7. The van der Waals surface area contributed by atoms with E-state index in [2.05, 4.69) is 20.6 Å². The highest BCUT2D eigenvalue weighted by molar-refractivity contribution is 6.36. The first kappa shape index (κ1) is 23.7. The van der Waals surface area contributed by atoms with E-state index in [1.807, 2.05) is 4.57 Å². The van der Waals surface area contributed by atoms with Gasteiger partial charge in [0.1, 0.15) is 11.3 Å². The first-order valence-corrected chi connectivity index (χ1v) is 12.9. The van der Waals surface area contributed by atoms with Crippen molar-refractivity contribution in [2.24, 2.45) is 17.1 Å². The van der Waals surface area contributed by atoms with Gasteiger partial charge in [-0.2, -0.15) is 4.98 Å². The van der Waals surface area contributed by atoms with Crippen molar-refractivity contribution < 1.29 is 13.9 Å². The summed E-state index contributed by atoms with van der Waals surface area (Å²) < 4.78 is 22.1. The minimum Gasteiger partial charge on any atom is -0.380 e. The molecule has 3 heterocycles. The fraction of sp³-hybridized carbons (Fsp3) is 0.500. The number of amides is 1. The Kier molecular flexibility index (Phi) is 5.93. The van der Waals surface area contributed by atoms with Crippen LogP contribution in [0, 0.1) is 17.2 Å². The largest absolute Gasteiger partial charge is 0.380 e. The number of primary amides is 1. The van der Waals surface area contributed by atoms with Gasteiger partial charge < -0.3 is 21.1 Å². The zero-order chi connectivity index (χ0) is 25.0. The van der Waals surface area contributed by atoms with E-state index >= 15 is 0 Å². The Labute approximate surface area is 216 Å². The minimum absolute atomic E-state index is 0.0101. The van der Waals surface area contributed by atoms with Crippen molar-refractivity contribution in [2.45, 2.75) is 50.6 Å². The number of ether oxygens (including phenoxy) is 1. The van der Waals surface area contributed by atoms with Gasteiger partial charge in [0.25, 0.3) is 0 Å². The zero-order valence-electron chi connectivity index (χ0n) is 19.4. The molecule has 36 heavy (non-hydrogen) atoms. The molecule has 0 bridgehead atoms. The Morgan fingerprint density at radius 2 is 1.92 bits per heavy atom. The van der Waals surface area contributed by atoms with Crippen LogP contribution in [0.2, 0.25) is 10.0 Å². The lowest BCUT2D eigenvalue weighted by atomic mass is 9.64. The Bertz CT molecular complexity index is 1310. The predicted octanol–water partition coefficient (Wildman–Crippen LogP) is 4.82. The van der Waals surface area contributed by atoms with E-state index in [1.54, 1.807) is 6.20 Å². The molecule has 2 saturated carbocycles. The smallest absolute Gasteiger partial charge is 0.224 e. The average molecular weight is 534 g/mol. The molecule has 1 spiro atoms. The van der Waals surface area contributed by atoms with Crippen molar-refractivity contribution in [3.8, 4) is 0 Å². The summed E-state index contributed by atoms with van der Waals surface area (Å²) in [4.78, 5) is 25.7. The SMILES string of the molecule is NC(=O)[C@H]1CC[C@H](n2c(Nc3c(F)cc(Cl)cc3Cl)nc3cnc(NC4CC5(COC5)C4)nc32)CC1. The molecule has 12 heteroatoms. The Hall–Kier alpha value is -2.69. The molecule has 3 aliphatic rings. The summed E-state index contributed by atoms with van der Waals surface area (Å²) in [5.74, 6) is -0.0888. The lowest BCUT2D eigenvalue weighted by Gasteiger charge is -2.53. The Morgan fingerprint density at radius 1 is 1.17 bits per heavy atom. The van der Waals surface area contributed by atoms with Gasteiger partial charge in [0.2, 0.25) is 17.8 Å². The molecule has 0 unspecified atom stereocenters. The quantitative estimate of drug-likeness (QED) is 0.415. The lowest BCUT2D eigenvalue weighted by Crippen LogP contribution is -2.56. The third kappa shape index (κ3) is 4.25. The topological polar surface area (TPSA) is 120 Å². The average Bonchev–Trinajstić information content (AvgIpc) is 3.14. The first-order valence-electron chi connectivity index (χ1n) is 12.1. The number of carbonyl (C=O) groups is 1. The molecule has 2 aliphatic carbocycles. The molecule has 1 amide bonds. The maximum absolute atomic E-state index is 14.7. The highest BCUT2D eigenvalue weighted by Crippen LogP contribution is 2.47. The van der Waals surface area contributed by atoms with E-state index in [-0.39, 0.29) is 33.6 Å². The second-order valence-corrected chi connectivity index (χ2v) is 11.1. The summed E-state index contributed by atoms with van der Waals surface area (Å²) in [6.07, 6.45) is 6.49. The molecule has 3 aromatic rings. The van der Waals surface area contributed by atoms with Crippen LogP contribution in [-0.2, 0) is 9.53 Å². The number of rotatable bonds is 6. The third-order valence-corrected chi connectivity index (χ3v) is 8.17. The van der Waals surface area contributed by atoms with Crippen molar-refractivity contribution in [3.05, 3.63) is 34.2 Å². The maximum Gasteiger partial charge on any atom is 0.224 e. The molecule has 0 atom stereocenters. The van der Waals surface area contributed by atoms with Gasteiger partial charge in [-0.25, -0.2) is 14.4 Å². The molecule has 3 fully saturated rings. The summed E-state index contributed by atoms with van der Waals surface area (Å²) in [7, 11) is 0. The highest BCUT2D eigenvalue weighted by atomic mass is 35.5. The molecule has 190 valence electrons. The van der Waals surface area contributed by atoms with Crippen LogP contribution in [0.3, 0.4) is 0 Å². The van der Waals surface area contributed by atoms with Gasteiger partial charge in [0.05, 0.1) is 30.1 Å². The van der Waals surface area contributed by atoms with Crippen LogP contribution in [0.4, 0.5) is 22.0 Å². The zero-order valence-corrected chi connectivity index (χ0v) is 20.9. The van der Waals surface area contributed by atoms with E-state index in [1.165, 1.54) is 12.1 Å². The Morgan fingerprint density at radius 3 is 2.56 bits per heavy atom. The number of halogens is 3. The first-order chi connectivity index (χ1) is 17.3. The number of imidazole rings is 1. The summed E-state index contributed by atoms with van der Waals surface area (Å²) >= 11 is 12.2. The Balaban J connectivity index is 1.33. The van der Waals surface area contributed by atoms with Crippen LogP contribution in [0.5, 0.6) is 0 Å². The second kappa shape index (κ2) is 9.00. The van der Waals surface area contributed by atoms with E-state index in [9.17, 15) is 9.18 Å². The van der Waals surface area contributed by atoms with E-state index in [0.29, 0.717) is 60.2 Å². The van der Waals surface area contributed by atoms with Gasteiger partial charge in [-0.3, -0.25) is 9.36 Å². The number of aromatic nitrogens is 4. The van der Waals surface area contributed by atoms with Gasteiger partial charge in [-0.1, -0.05) is 23.2 Å². The molecule has 4 N–H and O–H groups in total. The number of fused-ring (bicyclic) bond motifs is 1. The summed E-state index contributed by atoms with van der Waals surface area (Å²) in [5, 5.41) is 6.84. The normalized spacial score (nSPS) is 23.3. The number of benzene rings is 1. The van der Waals surface area contributed by atoms with Crippen LogP contribution in [0.25, 0.3) is 11.2 Å². The summed E-state index contributed by atoms with van der Waals surface area (Å²) in [6, 6.07) is 2.96.